The fourth-order valence-electron chi connectivity index (χ4n) is 6.21. The monoisotopic (exact) mass is 639 g/mol. The molecule has 2 unspecified atom stereocenters. The smallest absolute Gasteiger partial charge is 0.425 e. The fourth-order valence-corrected chi connectivity index (χ4v) is 8.18. The Morgan fingerprint density at radius 2 is 1.49 bits per heavy atom. The third-order valence-electron chi connectivity index (χ3n) is 8.86. The van der Waals surface area contributed by atoms with E-state index in [1.807, 2.05) is 37.4 Å². The van der Waals surface area contributed by atoms with Gasteiger partial charge in [0.1, 0.15) is 21.7 Å². The first kappa shape index (κ1) is 35.0. The number of nitrogens with zero attached hydrogens (tertiary/aromatic N) is 3. The van der Waals surface area contributed by atoms with Gasteiger partial charge in [-0.1, -0.05) is 96.1 Å². The van der Waals surface area contributed by atoms with E-state index >= 15 is 0 Å². The van der Waals surface area contributed by atoms with Crippen molar-refractivity contribution in [2.24, 2.45) is 4.99 Å². The van der Waals surface area contributed by atoms with E-state index in [-0.39, 0.29) is 5.97 Å². The number of ether oxygens (including phenoxy) is 2. The molecular weight excluding hydrogens is 584 g/mol. The minimum atomic E-state index is -0.993. The largest absolute Gasteiger partial charge is 0.559 e. The van der Waals surface area contributed by atoms with Crippen LogP contribution in [0.1, 0.15) is 114 Å². The van der Waals surface area contributed by atoms with Gasteiger partial charge in [-0.25, -0.2) is 0 Å². The summed E-state index contributed by atoms with van der Waals surface area (Å²) in [5, 5.41) is 3.92. The molecule has 4 rings (SSSR count). The molecule has 1 aromatic carbocycles. The van der Waals surface area contributed by atoms with Gasteiger partial charge in [0.2, 0.25) is 6.29 Å². The number of hydrogen-bond donors (Lipinski definition) is 1. The van der Waals surface area contributed by atoms with Crippen molar-refractivity contribution in [2.75, 3.05) is 43.4 Å². The average Bonchev–Trinajstić information content (AvgIpc) is 3.16. The highest BCUT2D eigenvalue weighted by atomic mass is 32.2. The number of esters is 1. The van der Waals surface area contributed by atoms with Crippen molar-refractivity contribution in [1.82, 2.24) is 4.90 Å². The van der Waals surface area contributed by atoms with Crippen LogP contribution in [-0.2, 0) is 14.3 Å². The summed E-state index contributed by atoms with van der Waals surface area (Å²) in [4.78, 5) is 36.6. The molecule has 8 nitrogen and oxygen atoms in total. The number of rotatable bonds is 18. The van der Waals surface area contributed by atoms with Crippen molar-refractivity contribution in [1.29, 1.82) is 0 Å². The highest BCUT2D eigenvalue weighted by Crippen LogP contribution is 2.51. The molecule has 0 radical (unpaired) electrons. The molecule has 9 heteroatoms. The van der Waals surface area contributed by atoms with E-state index < -0.39 is 22.1 Å². The topological polar surface area (TPSA) is 83.5 Å². The minimum absolute atomic E-state index is 0.313. The number of fused-ring (bicyclic) bond motifs is 2. The molecule has 1 N–H and O–H groups in total. The first-order valence-electron chi connectivity index (χ1n) is 17.3. The number of carbonyl (C=O) groups is 2. The quantitative estimate of drug-likeness (QED) is 0.0642. The van der Waals surface area contributed by atoms with Crippen molar-refractivity contribution in [3.63, 3.8) is 0 Å². The van der Waals surface area contributed by atoms with Gasteiger partial charge in [-0.2, -0.15) is 4.79 Å². The summed E-state index contributed by atoms with van der Waals surface area (Å²) in [5.74, 6) is -0.313. The van der Waals surface area contributed by atoms with E-state index in [4.69, 9.17) is 14.5 Å². The average molecular weight is 640 g/mol. The van der Waals surface area contributed by atoms with Crippen LogP contribution in [0.25, 0.3) is 0 Å². The highest BCUT2D eigenvalue weighted by Gasteiger charge is 2.41. The molecule has 2 aliphatic rings. The third kappa shape index (κ3) is 10.3. The van der Waals surface area contributed by atoms with Crippen molar-refractivity contribution in [3.8, 4) is 0 Å². The van der Waals surface area contributed by atoms with Crippen LogP contribution < -0.4 is 10.2 Å². The summed E-state index contributed by atoms with van der Waals surface area (Å²) in [5.41, 5.74) is 3.67. The van der Waals surface area contributed by atoms with E-state index in [2.05, 4.69) is 29.1 Å². The van der Waals surface area contributed by atoms with E-state index in [0.717, 1.165) is 77.9 Å². The maximum absolute atomic E-state index is 13.7. The van der Waals surface area contributed by atoms with Gasteiger partial charge in [-0.05, 0) is 25.6 Å². The number of anilines is 3. The normalized spacial score (nSPS) is 15.6. The summed E-state index contributed by atoms with van der Waals surface area (Å²) < 4.78 is 11.3. The minimum Gasteiger partial charge on any atom is -0.425 e. The second kappa shape index (κ2) is 18.3. The summed E-state index contributed by atoms with van der Waals surface area (Å²) in [7, 11) is 1.14. The summed E-state index contributed by atoms with van der Waals surface area (Å²) in [6, 6.07) is 7.85. The highest BCUT2D eigenvalue weighted by molar-refractivity contribution is 7.54. The lowest BCUT2D eigenvalue weighted by Crippen LogP contribution is -2.44. The van der Waals surface area contributed by atoms with Crippen LogP contribution in [-0.4, -0.2) is 61.9 Å². The Hall–Kier alpha value is -2.91. The Morgan fingerprint density at radius 1 is 0.889 bits per heavy atom. The molecule has 0 bridgehead atoms. The predicted molar refractivity (Wildman–Crippen MR) is 188 cm³/mol. The fraction of sp³-hybridized carbons (Fsp3) is 0.639. The molecule has 1 saturated heterocycles. The lowest BCUT2D eigenvalue weighted by Gasteiger charge is -2.33. The molecule has 0 spiro atoms. The van der Waals surface area contributed by atoms with Crippen LogP contribution >= 0.6 is 10.5 Å². The lowest BCUT2D eigenvalue weighted by atomic mass is 10.0. The Morgan fingerprint density at radius 3 is 2.13 bits per heavy atom. The van der Waals surface area contributed by atoms with Crippen LogP contribution in [0.2, 0.25) is 0 Å². The lowest BCUT2D eigenvalue weighted by molar-refractivity contribution is -0.163. The zero-order chi connectivity index (χ0) is 32.0. The number of aliphatic imine (C=N–C) groups is 1. The molecule has 248 valence electrons. The molecule has 1 aromatic heterocycles. The number of nitrogens with one attached hydrogen (secondary N) is 1. The molecule has 2 aromatic rings. The van der Waals surface area contributed by atoms with Crippen molar-refractivity contribution in [2.45, 2.75) is 117 Å². The first-order chi connectivity index (χ1) is 21.9. The Bertz CT molecular complexity index is 1270. The Kier molecular flexibility index (Phi) is 14.2. The maximum Gasteiger partial charge on any atom is 0.559 e. The van der Waals surface area contributed by atoms with E-state index in [9.17, 15) is 9.59 Å². The number of thiophene rings is 1. The molecule has 45 heavy (non-hydrogen) atoms. The van der Waals surface area contributed by atoms with Crippen LogP contribution in [0.4, 0.5) is 26.9 Å². The van der Waals surface area contributed by atoms with E-state index in [1.54, 1.807) is 6.92 Å². The van der Waals surface area contributed by atoms with Gasteiger partial charge in [0.05, 0.1) is 11.4 Å². The second-order valence-electron chi connectivity index (χ2n) is 12.6. The second-order valence-corrected chi connectivity index (χ2v) is 14.5. The maximum atomic E-state index is 13.7. The van der Waals surface area contributed by atoms with Crippen molar-refractivity contribution >= 4 is 50.0 Å². The van der Waals surface area contributed by atoms with Gasteiger partial charge < -0.3 is 24.6 Å². The molecule has 3 heterocycles. The van der Waals surface area contributed by atoms with Crippen LogP contribution in [0.5, 0.6) is 0 Å². The van der Waals surface area contributed by atoms with Gasteiger partial charge in [-0.3, -0.25) is 9.79 Å². The predicted octanol–water partition coefficient (Wildman–Crippen LogP) is 9.66. The van der Waals surface area contributed by atoms with Crippen molar-refractivity contribution < 1.29 is 19.1 Å². The summed E-state index contributed by atoms with van der Waals surface area (Å²) >= 11 is 0. The molecule has 0 amide bonds. The van der Waals surface area contributed by atoms with Crippen LogP contribution in [0, 0.1) is 6.92 Å². The summed E-state index contributed by atoms with van der Waals surface area (Å²) in [6.45, 7) is 9.56. The zero-order valence-electron chi connectivity index (χ0n) is 28.1. The van der Waals surface area contributed by atoms with Gasteiger partial charge in [0.25, 0.3) is 5.00 Å². The third-order valence-corrected chi connectivity index (χ3v) is 10.8. The van der Waals surface area contributed by atoms with Gasteiger partial charge >= 0.3 is 11.3 Å². The molecule has 2 aliphatic heterocycles. The van der Waals surface area contributed by atoms with Crippen molar-refractivity contribution in [3.05, 3.63) is 34.7 Å². The number of carbonyl (C=O) groups excluding carboxylic acids is 2. The molecule has 0 saturated carbocycles. The van der Waals surface area contributed by atoms with Crippen LogP contribution in [0.3, 0.4) is 0 Å². The SMILES string of the molecule is CCCCCCCCCCCCCCCC(=O)OC(C)OC(=O)[s+]1c(C)c(N2CCN(C)CC2)c2c1Nc1ccccc1N=C2. The Balaban J connectivity index is 1.25. The Labute approximate surface area is 273 Å². The van der Waals surface area contributed by atoms with Crippen LogP contribution in [0.15, 0.2) is 29.3 Å². The standard InChI is InChI=1S/C36H55N4O4S/c1-5-6-7-8-9-10-11-12-13-14-15-16-17-22-33(41)43-29(3)44-36(42)45-28(2)34(40-25-23-39(4)24-26-40)30-27-37-31-20-18-19-21-32(31)38-35(30)45/h18-21,27,29,38H,5-17,22-26H2,1-4H3/q+1. The number of unbranched alkanes of at least 4 members (excludes halogenated alkanes) is 12. The number of hydrogen-bond acceptors (Lipinski definition) is 8. The zero-order valence-corrected chi connectivity index (χ0v) is 28.9. The molecule has 0 aliphatic carbocycles. The molecule has 2 atom stereocenters. The van der Waals surface area contributed by atoms with E-state index in [1.165, 1.54) is 64.2 Å². The van der Waals surface area contributed by atoms with Gasteiger partial charge in [0.15, 0.2) is 4.88 Å². The number of piperazine rings is 1. The first-order valence-corrected chi connectivity index (χ1v) is 18.5. The van der Waals surface area contributed by atoms with Gasteiger partial charge in [0, 0.05) is 52.7 Å². The molecule has 1 fully saturated rings. The number of benzene rings is 1. The number of likely N-dealkylation sites (N-methyl/N-ethyl adjacent to an activating group) is 1. The number of para-hydroxylation sites is 2. The summed E-state index contributed by atoms with van der Waals surface area (Å²) in [6.07, 6.45) is 17.6. The van der Waals surface area contributed by atoms with E-state index in [0.29, 0.717) is 6.42 Å². The van der Waals surface area contributed by atoms with Gasteiger partial charge in [-0.15, -0.1) is 0 Å². The molecular formula is C36H55N4O4S+.